The highest BCUT2D eigenvalue weighted by Gasteiger charge is 2.13. The van der Waals surface area contributed by atoms with Gasteiger partial charge in [0.05, 0.1) is 6.61 Å². The Morgan fingerprint density at radius 3 is 2.47 bits per heavy atom. The molecule has 0 saturated carbocycles. The van der Waals surface area contributed by atoms with Crippen LogP contribution in [0.25, 0.3) is 0 Å². The highest BCUT2D eigenvalue weighted by atomic mass is 16.5. The molecule has 1 unspecified atom stereocenters. The van der Waals surface area contributed by atoms with E-state index in [9.17, 15) is 0 Å². The fourth-order valence-electron chi connectivity index (χ4n) is 1.49. The molecule has 0 aliphatic carbocycles. The summed E-state index contributed by atoms with van der Waals surface area (Å²) < 4.78 is 5.25. The van der Waals surface area contributed by atoms with Gasteiger partial charge in [-0.2, -0.15) is 0 Å². The third kappa shape index (κ3) is 7.77. The molecule has 3 heteroatoms. The Balaban J connectivity index is 3.86. The van der Waals surface area contributed by atoms with E-state index in [1.54, 1.807) is 7.11 Å². The standard InChI is InChI=1S/C12H28N2O/c1-6-13-9-12(10-15-5)14(4)8-7-11(2)3/h11-13H,6-10H2,1-5H3. The summed E-state index contributed by atoms with van der Waals surface area (Å²) in [4.78, 5) is 2.40. The second-order valence-corrected chi connectivity index (χ2v) is 4.58. The van der Waals surface area contributed by atoms with Crippen LogP contribution in [0.2, 0.25) is 0 Å². The van der Waals surface area contributed by atoms with Gasteiger partial charge in [-0.25, -0.2) is 0 Å². The van der Waals surface area contributed by atoms with E-state index in [1.165, 1.54) is 6.42 Å². The first kappa shape index (κ1) is 14.9. The molecule has 1 atom stereocenters. The van der Waals surface area contributed by atoms with Crippen LogP contribution in [-0.2, 0) is 4.74 Å². The first-order valence-electron chi connectivity index (χ1n) is 6.01. The molecule has 15 heavy (non-hydrogen) atoms. The Bertz CT molecular complexity index is 140. The molecule has 0 aliphatic rings. The summed E-state index contributed by atoms with van der Waals surface area (Å²) in [7, 11) is 3.96. The summed E-state index contributed by atoms with van der Waals surface area (Å²) in [6.45, 7) is 10.7. The molecule has 1 N–H and O–H groups in total. The Hall–Kier alpha value is -0.120. The summed E-state index contributed by atoms with van der Waals surface area (Å²) in [6, 6.07) is 0.494. The second-order valence-electron chi connectivity index (χ2n) is 4.58. The number of ether oxygens (including phenoxy) is 1. The predicted octanol–water partition coefficient (Wildman–Crippen LogP) is 1.59. The zero-order valence-corrected chi connectivity index (χ0v) is 11.0. The molecule has 0 aromatic carbocycles. The molecule has 0 aliphatic heterocycles. The van der Waals surface area contributed by atoms with Crippen LogP contribution >= 0.6 is 0 Å². The van der Waals surface area contributed by atoms with Crippen LogP contribution in [0.4, 0.5) is 0 Å². The minimum atomic E-state index is 0.494. The van der Waals surface area contributed by atoms with Gasteiger partial charge in [-0.1, -0.05) is 20.8 Å². The molecule has 0 bridgehead atoms. The van der Waals surface area contributed by atoms with E-state index >= 15 is 0 Å². The van der Waals surface area contributed by atoms with Gasteiger partial charge in [-0.15, -0.1) is 0 Å². The van der Waals surface area contributed by atoms with Crippen molar-refractivity contribution in [2.24, 2.45) is 5.92 Å². The van der Waals surface area contributed by atoms with E-state index in [1.807, 2.05) is 0 Å². The number of likely N-dealkylation sites (N-methyl/N-ethyl adjacent to an activating group) is 2. The summed E-state index contributed by atoms with van der Waals surface area (Å²) in [5, 5.41) is 3.38. The van der Waals surface area contributed by atoms with Crippen LogP contribution in [0.1, 0.15) is 27.2 Å². The minimum Gasteiger partial charge on any atom is -0.383 e. The van der Waals surface area contributed by atoms with Crippen LogP contribution in [0, 0.1) is 5.92 Å². The summed E-state index contributed by atoms with van der Waals surface area (Å²) in [5.74, 6) is 0.773. The Kier molecular flexibility index (Phi) is 9.06. The van der Waals surface area contributed by atoms with Crippen molar-refractivity contribution in [2.45, 2.75) is 33.2 Å². The van der Waals surface area contributed by atoms with Crippen molar-refractivity contribution in [3.8, 4) is 0 Å². The van der Waals surface area contributed by atoms with Crippen LogP contribution in [0.5, 0.6) is 0 Å². The van der Waals surface area contributed by atoms with E-state index in [4.69, 9.17) is 4.74 Å². The lowest BCUT2D eigenvalue weighted by Gasteiger charge is -2.28. The molecule has 0 aromatic rings. The van der Waals surface area contributed by atoms with Gasteiger partial charge in [0.15, 0.2) is 0 Å². The predicted molar refractivity (Wildman–Crippen MR) is 66.3 cm³/mol. The molecule has 92 valence electrons. The topological polar surface area (TPSA) is 24.5 Å². The summed E-state index contributed by atoms with van der Waals surface area (Å²) in [5.41, 5.74) is 0. The minimum absolute atomic E-state index is 0.494. The number of nitrogens with zero attached hydrogens (tertiary/aromatic N) is 1. The van der Waals surface area contributed by atoms with Gasteiger partial charge in [0.1, 0.15) is 0 Å². The highest BCUT2D eigenvalue weighted by molar-refractivity contribution is 4.71. The average Bonchev–Trinajstić information content (AvgIpc) is 2.20. The zero-order valence-electron chi connectivity index (χ0n) is 11.0. The van der Waals surface area contributed by atoms with Crippen molar-refractivity contribution in [2.75, 3.05) is 40.4 Å². The van der Waals surface area contributed by atoms with Gasteiger partial charge in [0.25, 0.3) is 0 Å². The first-order valence-corrected chi connectivity index (χ1v) is 6.01. The van der Waals surface area contributed by atoms with Crippen molar-refractivity contribution in [1.82, 2.24) is 10.2 Å². The Morgan fingerprint density at radius 2 is 2.00 bits per heavy atom. The normalized spacial score (nSPS) is 13.8. The van der Waals surface area contributed by atoms with Gasteiger partial charge in [-0.05, 0) is 32.5 Å². The summed E-state index contributed by atoms with van der Waals surface area (Å²) >= 11 is 0. The largest absolute Gasteiger partial charge is 0.383 e. The maximum absolute atomic E-state index is 5.25. The number of methoxy groups -OCH3 is 1. The molecular formula is C12H28N2O. The third-order valence-corrected chi connectivity index (χ3v) is 2.67. The van der Waals surface area contributed by atoms with Crippen LogP contribution in [0.3, 0.4) is 0 Å². The summed E-state index contributed by atoms with van der Waals surface area (Å²) in [6.07, 6.45) is 1.25. The van der Waals surface area contributed by atoms with Gasteiger partial charge >= 0.3 is 0 Å². The van der Waals surface area contributed by atoms with Crippen LogP contribution < -0.4 is 5.32 Å². The van der Waals surface area contributed by atoms with E-state index in [0.29, 0.717) is 6.04 Å². The molecule has 0 saturated heterocycles. The number of nitrogens with one attached hydrogen (secondary N) is 1. The van der Waals surface area contributed by atoms with Gasteiger partial charge in [-0.3, -0.25) is 4.90 Å². The quantitative estimate of drug-likeness (QED) is 0.633. The van der Waals surface area contributed by atoms with Crippen molar-refractivity contribution in [3.63, 3.8) is 0 Å². The van der Waals surface area contributed by atoms with E-state index < -0.39 is 0 Å². The van der Waals surface area contributed by atoms with Crippen LogP contribution in [0.15, 0.2) is 0 Å². The van der Waals surface area contributed by atoms with Gasteiger partial charge in [0.2, 0.25) is 0 Å². The number of hydrogen-bond acceptors (Lipinski definition) is 3. The van der Waals surface area contributed by atoms with E-state index in [0.717, 1.165) is 32.2 Å². The lowest BCUT2D eigenvalue weighted by atomic mass is 10.1. The Labute approximate surface area is 95.2 Å². The van der Waals surface area contributed by atoms with Crippen LogP contribution in [-0.4, -0.2) is 51.3 Å². The van der Waals surface area contributed by atoms with Gasteiger partial charge in [0, 0.05) is 19.7 Å². The molecule has 3 nitrogen and oxygen atoms in total. The average molecular weight is 216 g/mol. The molecule has 0 amide bonds. The second kappa shape index (κ2) is 9.13. The molecule has 0 spiro atoms. The molecule has 0 fully saturated rings. The molecule has 0 radical (unpaired) electrons. The van der Waals surface area contributed by atoms with Crippen molar-refractivity contribution >= 4 is 0 Å². The van der Waals surface area contributed by atoms with Gasteiger partial charge < -0.3 is 10.1 Å². The zero-order chi connectivity index (χ0) is 11.7. The fourth-order valence-corrected chi connectivity index (χ4v) is 1.49. The molecular weight excluding hydrogens is 188 g/mol. The SMILES string of the molecule is CCNCC(COC)N(C)CCC(C)C. The monoisotopic (exact) mass is 216 g/mol. The molecule has 0 aromatic heterocycles. The van der Waals surface area contributed by atoms with E-state index in [-0.39, 0.29) is 0 Å². The van der Waals surface area contributed by atoms with Crippen molar-refractivity contribution < 1.29 is 4.74 Å². The number of rotatable bonds is 9. The lowest BCUT2D eigenvalue weighted by molar-refractivity contribution is 0.103. The van der Waals surface area contributed by atoms with Crippen molar-refractivity contribution in [3.05, 3.63) is 0 Å². The van der Waals surface area contributed by atoms with Crippen molar-refractivity contribution in [1.29, 1.82) is 0 Å². The third-order valence-electron chi connectivity index (χ3n) is 2.67. The molecule has 0 heterocycles. The smallest absolute Gasteiger partial charge is 0.0630 e. The number of hydrogen-bond donors (Lipinski definition) is 1. The lowest BCUT2D eigenvalue weighted by Crippen LogP contribution is -2.43. The molecule has 0 rings (SSSR count). The first-order chi connectivity index (χ1) is 7.11. The fraction of sp³-hybridized carbons (Fsp3) is 1.00. The highest BCUT2D eigenvalue weighted by Crippen LogP contribution is 2.04. The maximum atomic E-state index is 5.25. The van der Waals surface area contributed by atoms with E-state index in [2.05, 4.69) is 38.0 Å². The Morgan fingerprint density at radius 1 is 1.33 bits per heavy atom. The maximum Gasteiger partial charge on any atom is 0.0630 e.